The van der Waals surface area contributed by atoms with E-state index in [9.17, 15) is 0 Å². The summed E-state index contributed by atoms with van der Waals surface area (Å²) in [6, 6.07) is 4.15. The number of benzene rings is 1. The van der Waals surface area contributed by atoms with Gasteiger partial charge in [0.1, 0.15) is 0 Å². The topological polar surface area (TPSA) is 12.0 Å². The Hall–Kier alpha value is -0.470. The largest absolute Gasteiger partial charge is 0.378 e. The summed E-state index contributed by atoms with van der Waals surface area (Å²) in [5, 5.41) is 4.05. The molecule has 1 atom stereocenters. The van der Waals surface area contributed by atoms with Crippen molar-refractivity contribution in [2.24, 2.45) is 0 Å². The Bertz CT molecular complexity index is 349. The van der Waals surface area contributed by atoms with Gasteiger partial charge in [-0.15, -0.1) is 6.58 Å². The van der Waals surface area contributed by atoms with Gasteiger partial charge in [0.2, 0.25) is 0 Å². The first-order valence-electron chi connectivity index (χ1n) is 4.39. The molecule has 0 spiro atoms. The van der Waals surface area contributed by atoms with Gasteiger partial charge in [-0.25, -0.2) is 0 Å². The molecule has 0 aromatic heterocycles. The summed E-state index contributed by atoms with van der Waals surface area (Å²) in [6.45, 7) is 7.73. The summed E-state index contributed by atoms with van der Waals surface area (Å²) in [6.07, 6.45) is 1.85. The van der Waals surface area contributed by atoms with Crippen molar-refractivity contribution >= 4 is 33.2 Å². The fraction of sp³-hybridized carbons (Fsp3) is 0.273. The van der Waals surface area contributed by atoms with Crippen molar-refractivity contribution in [3.8, 4) is 0 Å². The summed E-state index contributed by atoms with van der Waals surface area (Å²) in [4.78, 5) is 0. The van der Waals surface area contributed by atoms with Crippen molar-refractivity contribution in [2.75, 3.05) is 5.32 Å². The van der Waals surface area contributed by atoms with E-state index in [2.05, 4.69) is 27.8 Å². The van der Waals surface area contributed by atoms with E-state index >= 15 is 0 Å². The van der Waals surface area contributed by atoms with Crippen LogP contribution in [0.4, 0.5) is 5.69 Å². The first-order chi connectivity index (χ1) is 6.54. The van der Waals surface area contributed by atoms with Gasteiger partial charge in [0.25, 0.3) is 0 Å². The molecule has 1 N–H and O–H groups in total. The van der Waals surface area contributed by atoms with Crippen LogP contribution >= 0.6 is 27.5 Å². The Morgan fingerprint density at radius 3 is 2.79 bits per heavy atom. The standard InChI is InChI=1S/C11H13BrClN/c1-4-8(3)14-11-6-10(13)7(2)5-9(11)12/h4-6,8,14H,1H2,2-3H3. The summed E-state index contributed by atoms with van der Waals surface area (Å²) in [5.74, 6) is 0. The zero-order valence-electron chi connectivity index (χ0n) is 8.27. The molecule has 3 heteroatoms. The van der Waals surface area contributed by atoms with E-state index in [1.165, 1.54) is 0 Å². The minimum atomic E-state index is 0.227. The van der Waals surface area contributed by atoms with Gasteiger partial charge in [-0.3, -0.25) is 0 Å². The Morgan fingerprint density at radius 2 is 2.21 bits per heavy atom. The van der Waals surface area contributed by atoms with E-state index in [4.69, 9.17) is 11.6 Å². The molecule has 14 heavy (non-hydrogen) atoms. The van der Waals surface area contributed by atoms with Crippen LogP contribution < -0.4 is 5.32 Å². The highest BCUT2D eigenvalue weighted by Crippen LogP contribution is 2.29. The third-order valence-corrected chi connectivity index (χ3v) is 3.05. The van der Waals surface area contributed by atoms with Crippen LogP contribution in [0.1, 0.15) is 12.5 Å². The highest BCUT2D eigenvalue weighted by atomic mass is 79.9. The van der Waals surface area contributed by atoms with Crippen molar-refractivity contribution < 1.29 is 0 Å². The van der Waals surface area contributed by atoms with Crippen LogP contribution in [-0.4, -0.2) is 6.04 Å². The quantitative estimate of drug-likeness (QED) is 0.806. The molecule has 1 nitrogen and oxygen atoms in total. The predicted octanol–water partition coefficient (Wildman–Crippen LogP) is 4.40. The molecule has 0 bridgehead atoms. The lowest BCUT2D eigenvalue weighted by Crippen LogP contribution is -2.11. The average Bonchev–Trinajstić information content (AvgIpc) is 2.14. The van der Waals surface area contributed by atoms with Gasteiger partial charge in [-0.1, -0.05) is 17.7 Å². The average molecular weight is 275 g/mol. The molecular weight excluding hydrogens is 261 g/mol. The fourth-order valence-corrected chi connectivity index (χ4v) is 1.80. The fourth-order valence-electron chi connectivity index (χ4n) is 1.06. The third-order valence-electron chi connectivity index (χ3n) is 1.99. The van der Waals surface area contributed by atoms with E-state index in [1.54, 1.807) is 0 Å². The van der Waals surface area contributed by atoms with Crippen LogP contribution in [0.5, 0.6) is 0 Å². The SMILES string of the molecule is C=CC(C)Nc1cc(Cl)c(C)cc1Br. The van der Waals surface area contributed by atoms with Crippen molar-refractivity contribution in [1.82, 2.24) is 0 Å². The molecule has 1 unspecified atom stereocenters. The molecule has 0 heterocycles. The minimum absolute atomic E-state index is 0.227. The molecule has 0 aliphatic carbocycles. The van der Waals surface area contributed by atoms with Crippen LogP contribution in [0.2, 0.25) is 5.02 Å². The molecule has 1 aromatic carbocycles. The summed E-state index contributed by atoms with van der Waals surface area (Å²) < 4.78 is 1.02. The Morgan fingerprint density at radius 1 is 1.57 bits per heavy atom. The summed E-state index contributed by atoms with van der Waals surface area (Å²) in [7, 11) is 0. The first-order valence-corrected chi connectivity index (χ1v) is 5.56. The van der Waals surface area contributed by atoms with Gasteiger partial charge in [0.15, 0.2) is 0 Å². The Kier molecular flexibility index (Phi) is 4.02. The number of rotatable bonds is 3. The molecule has 0 aliphatic heterocycles. The Labute approximate surface area is 98.3 Å². The molecule has 1 aromatic rings. The highest BCUT2D eigenvalue weighted by Gasteiger charge is 2.05. The molecular formula is C11H13BrClN. The number of aryl methyl sites for hydroxylation is 1. The molecule has 1 rings (SSSR count). The van der Waals surface area contributed by atoms with E-state index in [0.29, 0.717) is 0 Å². The zero-order chi connectivity index (χ0) is 10.7. The maximum atomic E-state index is 6.03. The van der Waals surface area contributed by atoms with Crippen LogP contribution in [0.3, 0.4) is 0 Å². The predicted molar refractivity (Wildman–Crippen MR) is 67.2 cm³/mol. The number of halogens is 2. The number of anilines is 1. The van der Waals surface area contributed by atoms with Crippen molar-refractivity contribution in [3.63, 3.8) is 0 Å². The van der Waals surface area contributed by atoms with Gasteiger partial charge in [0.05, 0.1) is 5.69 Å². The smallest absolute Gasteiger partial charge is 0.0504 e. The molecule has 0 fully saturated rings. The van der Waals surface area contributed by atoms with E-state index in [1.807, 2.05) is 32.1 Å². The highest BCUT2D eigenvalue weighted by molar-refractivity contribution is 9.10. The summed E-state index contributed by atoms with van der Waals surface area (Å²) >= 11 is 9.51. The van der Waals surface area contributed by atoms with Crippen LogP contribution in [-0.2, 0) is 0 Å². The van der Waals surface area contributed by atoms with Gasteiger partial charge in [0, 0.05) is 15.5 Å². The van der Waals surface area contributed by atoms with E-state index in [-0.39, 0.29) is 6.04 Å². The summed E-state index contributed by atoms with van der Waals surface area (Å²) in [5.41, 5.74) is 2.06. The Balaban J connectivity index is 2.97. The normalized spacial score (nSPS) is 12.3. The number of hydrogen-bond acceptors (Lipinski definition) is 1. The van der Waals surface area contributed by atoms with Crippen LogP contribution in [0, 0.1) is 6.92 Å². The lowest BCUT2D eigenvalue weighted by Gasteiger charge is -2.13. The molecule has 76 valence electrons. The van der Waals surface area contributed by atoms with Crippen LogP contribution in [0.15, 0.2) is 29.3 Å². The lowest BCUT2D eigenvalue weighted by atomic mass is 10.2. The van der Waals surface area contributed by atoms with Crippen LogP contribution in [0.25, 0.3) is 0 Å². The second kappa shape index (κ2) is 4.85. The lowest BCUT2D eigenvalue weighted by molar-refractivity contribution is 0.999. The van der Waals surface area contributed by atoms with E-state index < -0.39 is 0 Å². The molecule has 0 amide bonds. The number of hydrogen-bond donors (Lipinski definition) is 1. The molecule has 0 saturated heterocycles. The first kappa shape index (κ1) is 11.6. The van der Waals surface area contributed by atoms with Gasteiger partial charge < -0.3 is 5.32 Å². The number of nitrogens with one attached hydrogen (secondary N) is 1. The van der Waals surface area contributed by atoms with Crippen molar-refractivity contribution in [3.05, 3.63) is 39.8 Å². The second-order valence-corrected chi connectivity index (χ2v) is 4.51. The maximum Gasteiger partial charge on any atom is 0.0504 e. The minimum Gasteiger partial charge on any atom is -0.378 e. The molecule has 0 saturated carbocycles. The van der Waals surface area contributed by atoms with Gasteiger partial charge in [-0.2, -0.15) is 0 Å². The third kappa shape index (κ3) is 2.76. The second-order valence-electron chi connectivity index (χ2n) is 3.25. The van der Waals surface area contributed by atoms with E-state index in [0.717, 1.165) is 20.7 Å². The van der Waals surface area contributed by atoms with Crippen molar-refractivity contribution in [2.45, 2.75) is 19.9 Å². The zero-order valence-corrected chi connectivity index (χ0v) is 10.6. The maximum absolute atomic E-state index is 6.03. The van der Waals surface area contributed by atoms with Crippen molar-refractivity contribution in [1.29, 1.82) is 0 Å². The van der Waals surface area contributed by atoms with Gasteiger partial charge >= 0.3 is 0 Å². The van der Waals surface area contributed by atoms with Gasteiger partial charge in [-0.05, 0) is 47.5 Å². The molecule has 0 radical (unpaired) electrons. The monoisotopic (exact) mass is 273 g/mol. The molecule has 0 aliphatic rings.